The first kappa shape index (κ1) is 19.2. The molecule has 29 heavy (non-hydrogen) atoms. The summed E-state index contributed by atoms with van der Waals surface area (Å²) in [5, 5.41) is 4.05. The molecule has 6 heteroatoms. The minimum Gasteiger partial charge on any atom is -0.497 e. The molecule has 0 spiro atoms. The molecule has 1 fully saturated rings. The van der Waals surface area contributed by atoms with Gasteiger partial charge in [-0.2, -0.15) is 0 Å². The molecular formula is C23H26N4O2. The van der Waals surface area contributed by atoms with Gasteiger partial charge >= 0.3 is 6.03 Å². The topological polar surface area (TPSA) is 57.7 Å². The lowest BCUT2D eigenvalue weighted by Gasteiger charge is -2.34. The van der Waals surface area contributed by atoms with Crippen molar-refractivity contribution in [3.63, 3.8) is 0 Å². The number of aromatic nitrogens is 1. The number of hydrogen-bond donors (Lipinski definition) is 1. The molecule has 2 amide bonds. The third-order valence-corrected chi connectivity index (χ3v) is 5.41. The van der Waals surface area contributed by atoms with Crippen LogP contribution in [0.5, 0.6) is 5.75 Å². The van der Waals surface area contributed by atoms with Crippen LogP contribution in [0.3, 0.4) is 0 Å². The Morgan fingerprint density at radius 3 is 2.55 bits per heavy atom. The zero-order chi connectivity index (χ0) is 20.1. The van der Waals surface area contributed by atoms with Crippen LogP contribution in [0, 0.1) is 0 Å². The van der Waals surface area contributed by atoms with Crippen LogP contribution in [0.25, 0.3) is 10.9 Å². The van der Waals surface area contributed by atoms with E-state index < -0.39 is 0 Å². The molecule has 150 valence electrons. The van der Waals surface area contributed by atoms with Crippen molar-refractivity contribution >= 4 is 22.6 Å². The molecule has 2 heterocycles. The molecule has 2 aromatic carbocycles. The van der Waals surface area contributed by atoms with Gasteiger partial charge in [-0.25, -0.2) is 4.79 Å². The lowest BCUT2D eigenvalue weighted by molar-refractivity contribution is 0.148. The van der Waals surface area contributed by atoms with E-state index in [-0.39, 0.29) is 6.03 Å². The molecule has 0 unspecified atom stereocenters. The summed E-state index contributed by atoms with van der Waals surface area (Å²) in [6, 6.07) is 17.9. The summed E-state index contributed by atoms with van der Waals surface area (Å²) in [4.78, 5) is 21.4. The number of benzene rings is 2. The fourth-order valence-electron chi connectivity index (χ4n) is 3.65. The quantitative estimate of drug-likeness (QED) is 0.723. The van der Waals surface area contributed by atoms with Crippen LogP contribution in [0.4, 0.5) is 10.5 Å². The number of fused-ring (bicyclic) bond motifs is 1. The molecule has 1 saturated heterocycles. The van der Waals surface area contributed by atoms with Crippen molar-refractivity contribution in [2.75, 3.05) is 45.2 Å². The molecule has 4 rings (SSSR count). The van der Waals surface area contributed by atoms with Gasteiger partial charge in [0.15, 0.2) is 0 Å². The molecule has 1 N–H and O–H groups in total. The highest BCUT2D eigenvalue weighted by Crippen LogP contribution is 2.21. The number of hydrogen-bond acceptors (Lipinski definition) is 4. The van der Waals surface area contributed by atoms with E-state index in [1.165, 1.54) is 5.56 Å². The lowest BCUT2D eigenvalue weighted by Crippen LogP contribution is -2.50. The Bertz CT molecular complexity index is 961. The molecule has 0 saturated carbocycles. The minimum atomic E-state index is -0.0574. The van der Waals surface area contributed by atoms with Crippen molar-refractivity contribution in [1.82, 2.24) is 14.8 Å². The van der Waals surface area contributed by atoms with Crippen molar-refractivity contribution in [2.45, 2.75) is 6.42 Å². The molecule has 1 aromatic heterocycles. The first-order valence-corrected chi connectivity index (χ1v) is 9.98. The number of methoxy groups -OCH3 is 1. The van der Waals surface area contributed by atoms with E-state index in [9.17, 15) is 4.79 Å². The van der Waals surface area contributed by atoms with Crippen molar-refractivity contribution in [3.8, 4) is 5.75 Å². The van der Waals surface area contributed by atoms with E-state index in [0.29, 0.717) is 0 Å². The predicted molar refractivity (Wildman–Crippen MR) is 115 cm³/mol. The fourth-order valence-corrected chi connectivity index (χ4v) is 3.65. The van der Waals surface area contributed by atoms with Gasteiger partial charge in [0.2, 0.25) is 0 Å². The van der Waals surface area contributed by atoms with E-state index in [0.717, 1.165) is 61.5 Å². The minimum absolute atomic E-state index is 0.0574. The summed E-state index contributed by atoms with van der Waals surface area (Å²) in [6.07, 6.45) is 2.75. The van der Waals surface area contributed by atoms with Crippen LogP contribution in [0.1, 0.15) is 5.56 Å². The van der Waals surface area contributed by atoms with Crippen LogP contribution in [0.2, 0.25) is 0 Å². The molecule has 0 atom stereocenters. The van der Waals surface area contributed by atoms with E-state index in [2.05, 4.69) is 27.3 Å². The lowest BCUT2D eigenvalue weighted by atomic mass is 10.1. The molecular weight excluding hydrogens is 364 g/mol. The Kier molecular flexibility index (Phi) is 5.91. The van der Waals surface area contributed by atoms with E-state index in [1.807, 2.05) is 47.4 Å². The summed E-state index contributed by atoms with van der Waals surface area (Å²) >= 11 is 0. The predicted octanol–water partition coefficient (Wildman–Crippen LogP) is 3.64. The number of nitrogens with one attached hydrogen (secondary N) is 1. The Morgan fingerprint density at radius 2 is 1.79 bits per heavy atom. The number of rotatable bonds is 5. The second-order valence-corrected chi connectivity index (χ2v) is 7.24. The third kappa shape index (κ3) is 4.66. The largest absolute Gasteiger partial charge is 0.497 e. The smallest absolute Gasteiger partial charge is 0.321 e. The van der Waals surface area contributed by atoms with Crippen LogP contribution in [0.15, 0.2) is 60.8 Å². The summed E-state index contributed by atoms with van der Waals surface area (Å²) in [7, 11) is 1.68. The molecule has 0 aliphatic carbocycles. The van der Waals surface area contributed by atoms with Gasteiger partial charge in [-0.3, -0.25) is 9.88 Å². The second kappa shape index (κ2) is 8.92. The van der Waals surface area contributed by atoms with Crippen LogP contribution in [-0.2, 0) is 6.42 Å². The highest BCUT2D eigenvalue weighted by molar-refractivity contribution is 5.99. The van der Waals surface area contributed by atoms with E-state index >= 15 is 0 Å². The number of urea groups is 1. The van der Waals surface area contributed by atoms with Crippen molar-refractivity contribution in [1.29, 1.82) is 0 Å². The van der Waals surface area contributed by atoms with Gasteiger partial charge in [-0.1, -0.05) is 30.3 Å². The highest BCUT2D eigenvalue weighted by Gasteiger charge is 2.21. The van der Waals surface area contributed by atoms with E-state index in [4.69, 9.17) is 4.74 Å². The van der Waals surface area contributed by atoms with Gasteiger partial charge in [0.1, 0.15) is 5.75 Å². The van der Waals surface area contributed by atoms with Crippen LogP contribution >= 0.6 is 0 Å². The molecule has 3 aromatic rings. The maximum absolute atomic E-state index is 12.7. The normalized spacial score (nSPS) is 14.7. The average Bonchev–Trinajstić information content (AvgIpc) is 2.78. The third-order valence-electron chi connectivity index (χ3n) is 5.41. The Hall–Kier alpha value is -3.12. The maximum atomic E-state index is 12.7. The van der Waals surface area contributed by atoms with Crippen LogP contribution in [-0.4, -0.2) is 60.6 Å². The molecule has 0 radical (unpaired) electrons. The van der Waals surface area contributed by atoms with Gasteiger partial charge in [0, 0.05) is 44.3 Å². The fraction of sp³-hybridized carbons (Fsp3) is 0.304. The molecule has 1 aliphatic heterocycles. The van der Waals surface area contributed by atoms with Crippen LogP contribution < -0.4 is 10.1 Å². The summed E-state index contributed by atoms with van der Waals surface area (Å²) in [6.45, 7) is 4.23. The van der Waals surface area contributed by atoms with Crippen molar-refractivity contribution < 1.29 is 9.53 Å². The number of carbonyl (C=O) groups is 1. The number of piperazine rings is 1. The average molecular weight is 390 g/mol. The number of nitrogens with zero attached hydrogens (tertiary/aromatic N) is 3. The van der Waals surface area contributed by atoms with Gasteiger partial charge in [-0.15, -0.1) is 0 Å². The van der Waals surface area contributed by atoms with Gasteiger partial charge in [0.25, 0.3) is 0 Å². The molecule has 0 bridgehead atoms. The van der Waals surface area contributed by atoms with E-state index in [1.54, 1.807) is 13.3 Å². The number of ether oxygens (including phenoxy) is 1. The Balaban J connectivity index is 1.28. The Labute approximate surface area is 171 Å². The first-order chi connectivity index (χ1) is 14.2. The standard InChI is InChI=1S/C23H26N4O2/c1-29-20-9-7-18(8-10-20)11-13-26-14-16-27(17-15-26)23(28)25-21-6-2-4-19-5-3-12-24-22(19)21/h2-10,12H,11,13-17H2,1H3,(H,25,28). The summed E-state index contributed by atoms with van der Waals surface area (Å²) < 4.78 is 5.21. The molecule has 1 aliphatic rings. The highest BCUT2D eigenvalue weighted by atomic mass is 16.5. The first-order valence-electron chi connectivity index (χ1n) is 9.98. The molecule has 6 nitrogen and oxygen atoms in total. The number of anilines is 1. The Morgan fingerprint density at radius 1 is 1.03 bits per heavy atom. The van der Waals surface area contributed by atoms with Crippen molar-refractivity contribution in [3.05, 3.63) is 66.4 Å². The monoisotopic (exact) mass is 390 g/mol. The summed E-state index contributed by atoms with van der Waals surface area (Å²) in [5.41, 5.74) is 2.88. The zero-order valence-electron chi connectivity index (χ0n) is 16.7. The number of pyridine rings is 1. The number of carbonyl (C=O) groups excluding carboxylic acids is 1. The van der Waals surface area contributed by atoms with Crippen molar-refractivity contribution in [2.24, 2.45) is 0 Å². The summed E-state index contributed by atoms with van der Waals surface area (Å²) in [5.74, 6) is 0.884. The maximum Gasteiger partial charge on any atom is 0.321 e. The number of para-hydroxylation sites is 1. The second-order valence-electron chi connectivity index (χ2n) is 7.24. The van der Waals surface area contributed by atoms with Gasteiger partial charge < -0.3 is 15.0 Å². The SMILES string of the molecule is COc1ccc(CCN2CCN(C(=O)Nc3cccc4cccnc34)CC2)cc1. The zero-order valence-corrected chi connectivity index (χ0v) is 16.7. The van der Waals surface area contributed by atoms with Gasteiger partial charge in [-0.05, 0) is 36.2 Å². The van der Waals surface area contributed by atoms with Gasteiger partial charge in [0.05, 0.1) is 18.3 Å². The number of amides is 2.